The lowest BCUT2D eigenvalue weighted by Gasteiger charge is -2.11. The van der Waals surface area contributed by atoms with Gasteiger partial charge in [0, 0.05) is 18.3 Å². The molecule has 6 heteroatoms. The largest absolute Gasteiger partial charge is 0.493 e. The van der Waals surface area contributed by atoms with E-state index in [0.717, 1.165) is 18.7 Å². The lowest BCUT2D eigenvalue weighted by molar-refractivity contribution is 0.355. The summed E-state index contributed by atoms with van der Waals surface area (Å²) >= 11 is 0. The zero-order valence-corrected chi connectivity index (χ0v) is 12.6. The van der Waals surface area contributed by atoms with Gasteiger partial charge in [-0.1, -0.05) is 0 Å². The van der Waals surface area contributed by atoms with E-state index in [1.165, 1.54) is 0 Å². The molecule has 0 saturated heterocycles. The van der Waals surface area contributed by atoms with Gasteiger partial charge in [0.1, 0.15) is 0 Å². The Morgan fingerprint density at radius 3 is 2.55 bits per heavy atom. The molecule has 20 heavy (non-hydrogen) atoms. The number of hydrogen-bond donors (Lipinski definition) is 2. The zero-order valence-electron chi connectivity index (χ0n) is 12.6. The summed E-state index contributed by atoms with van der Waals surface area (Å²) in [7, 11) is 7.27. The predicted molar refractivity (Wildman–Crippen MR) is 82.8 cm³/mol. The van der Waals surface area contributed by atoms with E-state index in [1.54, 1.807) is 14.2 Å². The van der Waals surface area contributed by atoms with Crippen LogP contribution >= 0.6 is 0 Å². The van der Waals surface area contributed by atoms with Crippen molar-refractivity contribution >= 4 is 11.6 Å². The first-order chi connectivity index (χ1) is 9.56. The Morgan fingerprint density at radius 1 is 1.25 bits per heavy atom. The highest BCUT2D eigenvalue weighted by Crippen LogP contribution is 2.29. The van der Waals surface area contributed by atoms with Gasteiger partial charge in [-0.05, 0) is 39.2 Å². The Hall–Kier alpha value is -1.95. The fourth-order valence-corrected chi connectivity index (χ4v) is 1.69. The average Bonchev–Trinajstić information content (AvgIpc) is 2.43. The topological polar surface area (TPSA) is 72.1 Å². The summed E-state index contributed by atoms with van der Waals surface area (Å²) in [6.07, 6.45) is 0.974. The van der Waals surface area contributed by atoms with Crippen molar-refractivity contribution in [1.82, 2.24) is 4.90 Å². The molecule has 0 aliphatic rings. The minimum Gasteiger partial charge on any atom is -0.493 e. The van der Waals surface area contributed by atoms with Gasteiger partial charge in [-0.2, -0.15) is 0 Å². The lowest BCUT2D eigenvalue weighted by atomic mass is 10.3. The van der Waals surface area contributed by atoms with Crippen molar-refractivity contribution in [2.24, 2.45) is 10.7 Å². The van der Waals surface area contributed by atoms with Crippen LogP contribution in [0.2, 0.25) is 0 Å². The van der Waals surface area contributed by atoms with E-state index in [0.29, 0.717) is 24.0 Å². The maximum atomic E-state index is 5.84. The maximum Gasteiger partial charge on any atom is 0.193 e. The molecule has 3 N–H and O–H groups in total. The van der Waals surface area contributed by atoms with Crippen LogP contribution in [0.25, 0.3) is 0 Å². The van der Waals surface area contributed by atoms with Crippen molar-refractivity contribution < 1.29 is 9.47 Å². The van der Waals surface area contributed by atoms with E-state index in [9.17, 15) is 0 Å². The fourth-order valence-electron chi connectivity index (χ4n) is 1.69. The maximum absolute atomic E-state index is 5.84. The first-order valence-electron chi connectivity index (χ1n) is 6.50. The van der Waals surface area contributed by atoms with Crippen LogP contribution in [0, 0.1) is 0 Å². The van der Waals surface area contributed by atoms with E-state index < -0.39 is 0 Å². The third-order valence-corrected chi connectivity index (χ3v) is 2.70. The number of nitrogens with two attached hydrogens (primary N) is 1. The van der Waals surface area contributed by atoms with Gasteiger partial charge in [0.05, 0.1) is 14.2 Å². The molecule has 0 heterocycles. The Kier molecular flexibility index (Phi) is 6.66. The zero-order chi connectivity index (χ0) is 15.0. The summed E-state index contributed by atoms with van der Waals surface area (Å²) in [5.74, 6) is 1.73. The molecule has 0 fully saturated rings. The molecule has 1 aromatic rings. The molecule has 0 atom stereocenters. The van der Waals surface area contributed by atoms with Gasteiger partial charge in [-0.15, -0.1) is 0 Å². The third-order valence-electron chi connectivity index (χ3n) is 2.70. The van der Waals surface area contributed by atoms with Gasteiger partial charge in [-0.25, -0.2) is 0 Å². The minimum atomic E-state index is 0.399. The van der Waals surface area contributed by atoms with Crippen LogP contribution in [0.3, 0.4) is 0 Å². The van der Waals surface area contributed by atoms with Crippen LogP contribution in [0.5, 0.6) is 11.5 Å². The second-order valence-corrected chi connectivity index (χ2v) is 4.62. The molecule has 112 valence electrons. The van der Waals surface area contributed by atoms with Gasteiger partial charge in [-0.3, -0.25) is 4.99 Å². The van der Waals surface area contributed by atoms with Crippen LogP contribution in [0.4, 0.5) is 5.69 Å². The first kappa shape index (κ1) is 16.1. The van der Waals surface area contributed by atoms with Gasteiger partial charge < -0.3 is 25.4 Å². The number of nitrogens with zero attached hydrogens (tertiary/aromatic N) is 2. The second-order valence-electron chi connectivity index (χ2n) is 4.62. The standard InChI is InChI=1S/C14H24N4O2/c1-18(2)9-5-8-16-14(15)17-11-6-7-12(19-3)13(10-11)20-4/h6-7,10H,5,8-9H2,1-4H3,(H3,15,16,17). The molecule has 0 spiro atoms. The van der Waals surface area contributed by atoms with E-state index in [2.05, 4.69) is 15.2 Å². The molecule has 0 aromatic heterocycles. The van der Waals surface area contributed by atoms with Crippen molar-refractivity contribution in [3.8, 4) is 11.5 Å². The SMILES string of the molecule is COc1ccc(NC(N)=NCCCN(C)C)cc1OC. The number of anilines is 1. The molecule has 0 amide bonds. The van der Waals surface area contributed by atoms with E-state index >= 15 is 0 Å². The number of ether oxygens (including phenoxy) is 2. The molecule has 1 rings (SSSR count). The van der Waals surface area contributed by atoms with E-state index in [4.69, 9.17) is 15.2 Å². The van der Waals surface area contributed by atoms with Crippen LogP contribution in [0.15, 0.2) is 23.2 Å². The molecule has 0 aliphatic carbocycles. The van der Waals surface area contributed by atoms with Crippen molar-refractivity contribution in [3.63, 3.8) is 0 Å². The van der Waals surface area contributed by atoms with Crippen LogP contribution in [-0.4, -0.2) is 52.3 Å². The highest BCUT2D eigenvalue weighted by atomic mass is 16.5. The number of methoxy groups -OCH3 is 2. The molecular weight excluding hydrogens is 256 g/mol. The number of hydrogen-bond acceptors (Lipinski definition) is 4. The summed E-state index contributed by atoms with van der Waals surface area (Å²) in [5, 5.41) is 3.03. The quantitative estimate of drug-likeness (QED) is 0.448. The Labute approximate surface area is 120 Å². The number of aliphatic imine (C=N–C) groups is 1. The lowest BCUT2D eigenvalue weighted by Crippen LogP contribution is -2.23. The molecule has 0 bridgehead atoms. The van der Waals surface area contributed by atoms with Crippen molar-refractivity contribution in [1.29, 1.82) is 0 Å². The molecule has 0 aliphatic heterocycles. The Morgan fingerprint density at radius 2 is 1.95 bits per heavy atom. The first-order valence-corrected chi connectivity index (χ1v) is 6.50. The number of nitrogens with one attached hydrogen (secondary N) is 1. The van der Waals surface area contributed by atoms with Gasteiger partial charge >= 0.3 is 0 Å². The van der Waals surface area contributed by atoms with Crippen molar-refractivity contribution in [2.75, 3.05) is 46.7 Å². The van der Waals surface area contributed by atoms with Crippen molar-refractivity contribution in [2.45, 2.75) is 6.42 Å². The number of benzene rings is 1. The summed E-state index contributed by atoms with van der Waals surface area (Å²) in [6, 6.07) is 5.51. The normalized spacial score (nSPS) is 11.6. The van der Waals surface area contributed by atoms with Crippen LogP contribution in [-0.2, 0) is 0 Å². The van der Waals surface area contributed by atoms with Crippen LogP contribution < -0.4 is 20.5 Å². The predicted octanol–water partition coefficient (Wildman–Crippen LogP) is 1.38. The Bertz CT molecular complexity index is 447. The molecule has 0 saturated carbocycles. The monoisotopic (exact) mass is 280 g/mol. The third kappa shape index (κ3) is 5.36. The molecule has 6 nitrogen and oxygen atoms in total. The Balaban J connectivity index is 2.57. The minimum absolute atomic E-state index is 0.399. The summed E-state index contributed by atoms with van der Waals surface area (Å²) < 4.78 is 10.4. The number of guanidine groups is 1. The second kappa shape index (κ2) is 8.27. The van der Waals surface area contributed by atoms with Crippen molar-refractivity contribution in [3.05, 3.63) is 18.2 Å². The smallest absolute Gasteiger partial charge is 0.193 e. The summed E-state index contributed by atoms with van der Waals surface area (Å²) in [5.41, 5.74) is 6.65. The molecular formula is C14H24N4O2. The fraction of sp³-hybridized carbons (Fsp3) is 0.500. The summed E-state index contributed by atoms with van der Waals surface area (Å²) in [4.78, 5) is 6.39. The van der Waals surface area contributed by atoms with Gasteiger partial charge in [0.2, 0.25) is 0 Å². The molecule has 0 unspecified atom stereocenters. The van der Waals surface area contributed by atoms with Crippen LogP contribution in [0.1, 0.15) is 6.42 Å². The molecule has 0 radical (unpaired) electrons. The van der Waals surface area contributed by atoms with E-state index in [1.807, 2.05) is 32.3 Å². The van der Waals surface area contributed by atoms with E-state index in [-0.39, 0.29) is 0 Å². The number of rotatable bonds is 7. The van der Waals surface area contributed by atoms with Gasteiger partial charge in [0.25, 0.3) is 0 Å². The summed E-state index contributed by atoms with van der Waals surface area (Å²) in [6.45, 7) is 1.69. The highest BCUT2D eigenvalue weighted by molar-refractivity contribution is 5.92. The van der Waals surface area contributed by atoms with Gasteiger partial charge in [0.15, 0.2) is 17.5 Å². The average molecular weight is 280 g/mol. The molecule has 1 aromatic carbocycles. The highest BCUT2D eigenvalue weighted by Gasteiger charge is 2.04.